The summed E-state index contributed by atoms with van der Waals surface area (Å²) in [6.45, 7) is 3.42. The SMILES string of the molecule is O=C(c1ccc(S(=O)(=O)N2CCCC2)cc1)N1CCN(Cc2cccc(C(F)(F)F)c2)CC1. The molecule has 0 aliphatic carbocycles. The molecule has 0 atom stereocenters. The molecule has 1 amide bonds. The van der Waals surface area contributed by atoms with Crippen LogP contribution in [0.1, 0.15) is 34.3 Å². The van der Waals surface area contributed by atoms with E-state index in [2.05, 4.69) is 0 Å². The van der Waals surface area contributed by atoms with Gasteiger partial charge in [-0.05, 0) is 48.7 Å². The lowest BCUT2D eigenvalue weighted by Gasteiger charge is -2.35. The van der Waals surface area contributed by atoms with Gasteiger partial charge in [0.15, 0.2) is 0 Å². The van der Waals surface area contributed by atoms with Crippen molar-refractivity contribution in [1.29, 1.82) is 0 Å². The Kier molecular flexibility index (Phi) is 6.78. The Morgan fingerprint density at radius 2 is 1.52 bits per heavy atom. The average Bonchev–Trinajstić information content (AvgIpc) is 3.35. The van der Waals surface area contributed by atoms with Gasteiger partial charge < -0.3 is 4.90 Å². The molecule has 0 radical (unpaired) electrons. The Morgan fingerprint density at radius 3 is 2.12 bits per heavy atom. The van der Waals surface area contributed by atoms with E-state index in [1.807, 2.05) is 4.90 Å². The number of sulfonamides is 1. The summed E-state index contributed by atoms with van der Waals surface area (Å²) < 4.78 is 65.5. The molecule has 0 bridgehead atoms. The molecule has 4 rings (SSSR count). The van der Waals surface area contributed by atoms with Crippen LogP contribution in [0.3, 0.4) is 0 Å². The van der Waals surface area contributed by atoms with Crippen molar-refractivity contribution in [3.8, 4) is 0 Å². The molecule has 178 valence electrons. The number of rotatable bonds is 5. The number of hydrogen-bond donors (Lipinski definition) is 0. The fourth-order valence-corrected chi connectivity index (χ4v) is 5.76. The number of alkyl halides is 3. The van der Waals surface area contributed by atoms with Gasteiger partial charge in [0.1, 0.15) is 0 Å². The molecule has 0 saturated carbocycles. The van der Waals surface area contributed by atoms with Gasteiger partial charge in [0.25, 0.3) is 5.91 Å². The molecule has 2 fully saturated rings. The Hall–Kier alpha value is -2.43. The normalized spacial score (nSPS) is 18.6. The molecule has 2 aromatic carbocycles. The van der Waals surface area contributed by atoms with E-state index in [1.165, 1.54) is 22.5 Å². The van der Waals surface area contributed by atoms with Gasteiger partial charge in [0.2, 0.25) is 10.0 Å². The number of piperazine rings is 1. The zero-order chi connectivity index (χ0) is 23.6. The van der Waals surface area contributed by atoms with Gasteiger partial charge in [0.05, 0.1) is 10.5 Å². The fourth-order valence-electron chi connectivity index (χ4n) is 4.24. The number of carbonyl (C=O) groups excluding carboxylic acids is 1. The van der Waals surface area contributed by atoms with Gasteiger partial charge in [-0.15, -0.1) is 0 Å². The zero-order valence-electron chi connectivity index (χ0n) is 18.1. The number of amides is 1. The molecule has 10 heteroatoms. The smallest absolute Gasteiger partial charge is 0.336 e. The van der Waals surface area contributed by atoms with Crippen LogP contribution in [0.15, 0.2) is 53.4 Å². The van der Waals surface area contributed by atoms with E-state index >= 15 is 0 Å². The summed E-state index contributed by atoms with van der Waals surface area (Å²) in [7, 11) is -3.52. The van der Waals surface area contributed by atoms with E-state index in [4.69, 9.17) is 0 Å². The van der Waals surface area contributed by atoms with Gasteiger partial charge in [-0.1, -0.05) is 18.2 Å². The molecule has 2 aliphatic heterocycles. The highest BCUT2D eigenvalue weighted by Crippen LogP contribution is 2.30. The Balaban J connectivity index is 1.34. The zero-order valence-corrected chi connectivity index (χ0v) is 18.9. The Morgan fingerprint density at radius 1 is 0.879 bits per heavy atom. The fraction of sp³-hybridized carbons (Fsp3) is 0.435. The first-order valence-corrected chi connectivity index (χ1v) is 12.4. The number of nitrogens with zero attached hydrogens (tertiary/aromatic N) is 3. The number of hydrogen-bond acceptors (Lipinski definition) is 4. The molecule has 0 spiro atoms. The summed E-state index contributed by atoms with van der Waals surface area (Å²) in [5.74, 6) is -0.182. The molecule has 2 aromatic rings. The second-order valence-corrected chi connectivity index (χ2v) is 10.3. The molecular formula is C23H26F3N3O3S. The minimum Gasteiger partial charge on any atom is -0.336 e. The largest absolute Gasteiger partial charge is 0.416 e. The molecule has 2 heterocycles. The maximum Gasteiger partial charge on any atom is 0.416 e. The number of halogens is 3. The van der Waals surface area contributed by atoms with Crippen molar-refractivity contribution in [3.63, 3.8) is 0 Å². The molecular weight excluding hydrogens is 455 g/mol. The highest BCUT2D eigenvalue weighted by atomic mass is 32.2. The summed E-state index contributed by atoms with van der Waals surface area (Å²) in [5, 5.41) is 0. The molecule has 0 unspecified atom stereocenters. The standard InChI is InChI=1S/C23H26F3N3O3S/c24-23(25,26)20-5-3-4-18(16-20)17-27-12-14-28(15-13-27)22(30)19-6-8-21(9-7-19)33(31,32)29-10-1-2-11-29/h3-9,16H,1-2,10-15,17H2. The molecule has 0 N–H and O–H groups in total. The Labute approximate surface area is 191 Å². The third kappa shape index (κ3) is 5.39. The summed E-state index contributed by atoms with van der Waals surface area (Å²) in [6, 6.07) is 11.3. The highest BCUT2D eigenvalue weighted by molar-refractivity contribution is 7.89. The first kappa shape index (κ1) is 23.7. The quantitative estimate of drug-likeness (QED) is 0.657. The summed E-state index contributed by atoms with van der Waals surface area (Å²) in [6.07, 6.45) is -2.66. The van der Waals surface area contributed by atoms with Crippen LogP contribution in [0.25, 0.3) is 0 Å². The number of benzene rings is 2. The predicted molar refractivity (Wildman–Crippen MR) is 117 cm³/mol. The molecule has 6 nitrogen and oxygen atoms in total. The van der Waals surface area contributed by atoms with E-state index < -0.39 is 21.8 Å². The second kappa shape index (κ2) is 9.44. The van der Waals surface area contributed by atoms with E-state index in [-0.39, 0.29) is 10.8 Å². The van der Waals surface area contributed by atoms with Crippen LogP contribution in [0.5, 0.6) is 0 Å². The minimum atomic E-state index is -4.37. The van der Waals surface area contributed by atoms with Gasteiger partial charge in [0, 0.05) is 51.4 Å². The maximum atomic E-state index is 12.9. The van der Waals surface area contributed by atoms with Crippen molar-refractivity contribution < 1.29 is 26.4 Å². The van der Waals surface area contributed by atoms with Gasteiger partial charge >= 0.3 is 6.18 Å². The van der Waals surface area contributed by atoms with Crippen LogP contribution < -0.4 is 0 Å². The summed E-state index contributed by atoms with van der Waals surface area (Å²) >= 11 is 0. The van der Waals surface area contributed by atoms with Crippen molar-refractivity contribution in [1.82, 2.24) is 14.1 Å². The predicted octanol–water partition coefficient (Wildman–Crippen LogP) is 3.45. The van der Waals surface area contributed by atoms with Crippen LogP contribution in [0.4, 0.5) is 13.2 Å². The molecule has 33 heavy (non-hydrogen) atoms. The van der Waals surface area contributed by atoms with Crippen LogP contribution in [-0.2, 0) is 22.7 Å². The van der Waals surface area contributed by atoms with Crippen molar-refractivity contribution >= 4 is 15.9 Å². The van der Waals surface area contributed by atoms with E-state index in [0.717, 1.165) is 25.0 Å². The van der Waals surface area contributed by atoms with Crippen LogP contribution in [0.2, 0.25) is 0 Å². The second-order valence-electron chi connectivity index (χ2n) is 8.40. The highest BCUT2D eigenvalue weighted by Gasteiger charge is 2.31. The van der Waals surface area contributed by atoms with Crippen LogP contribution in [-0.4, -0.2) is 67.7 Å². The van der Waals surface area contributed by atoms with Gasteiger partial charge in [-0.25, -0.2) is 8.42 Å². The molecule has 2 saturated heterocycles. The Bertz CT molecular complexity index is 1090. The van der Waals surface area contributed by atoms with Gasteiger partial charge in [-0.3, -0.25) is 9.69 Å². The first-order chi connectivity index (χ1) is 15.6. The topological polar surface area (TPSA) is 60.9 Å². The van der Waals surface area contributed by atoms with Crippen molar-refractivity contribution in [3.05, 3.63) is 65.2 Å². The third-order valence-electron chi connectivity index (χ3n) is 6.12. The van der Waals surface area contributed by atoms with Crippen molar-refractivity contribution in [2.75, 3.05) is 39.3 Å². The van der Waals surface area contributed by atoms with Crippen molar-refractivity contribution in [2.45, 2.75) is 30.5 Å². The van der Waals surface area contributed by atoms with E-state index in [9.17, 15) is 26.4 Å². The first-order valence-electron chi connectivity index (χ1n) is 10.9. The van der Waals surface area contributed by atoms with Crippen LogP contribution >= 0.6 is 0 Å². The van der Waals surface area contributed by atoms with Crippen molar-refractivity contribution in [2.24, 2.45) is 0 Å². The lowest BCUT2D eigenvalue weighted by atomic mass is 10.1. The monoisotopic (exact) mass is 481 g/mol. The van der Waals surface area contributed by atoms with Crippen LogP contribution in [0, 0.1) is 0 Å². The molecule has 0 aromatic heterocycles. The number of carbonyl (C=O) groups is 1. The average molecular weight is 482 g/mol. The maximum absolute atomic E-state index is 12.9. The summed E-state index contributed by atoms with van der Waals surface area (Å²) in [5.41, 5.74) is 0.338. The van der Waals surface area contributed by atoms with E-state index in [0.29, 0.717) is 56.9 Å². The summed E-state index contributed by atoms with van der Waals surface area (Å²) in [4.78, 5) is 16.8. The van der Waals surface area contributed by atoms with Gasteiger partial charge in [-0.2, -0.15) is 17.5 Å². The lowest BCUT2D eigenvalue weighted by molar-refractivity contribution is -0.137. The third-order valence-corrected chi connectivity index (χ3v) is 8.04. The molecule has 2 aliphatic rings. The lowest BCUT2D eigenvalue weighted by Crippen LogP contribution is -2.48. The van der Waals surface area contributed by atoms with E-state index in [1.54, 1.807) is 23.1 Å². The minimum absolute atomic E-state index is 0.182.